The fraction of sp³-hybridized carbons (Fsp3) is 0.600. The van der Waals surface area contributed by atoms with E-state index in [0.29, 0.717) is 18.4 Å². The van der Waals surface area contributed by atoms with Gasteiger partial charge in [-0.2, -0.15) is 0 Å². The molecule has 106 valence electrons. The van der Waals surface area contributed by atoms with Crippen LogP contribution in [0.15, 0.2) is 18.2 Å². The summed E-state index contributed by atoms with van der Waals surface area (Å²) < 4.78 is 11.1. The van der Waals surface area contributed by atoms with E-state index in [0.717, 1.165) is 25.3 Å². The number of phenolic OH excluding ortho intramolecular Hbond substituents is 1. The number of nitrogens with zero attached hydrogens (tertiary/aromatic N) is 1. The lowest BCUT2D eigenvalue weighted by Crippen LogP contribution is -2.46. The number of morpholine rings is 1. The summed E-state index contributed by atoms with van der Waals surface area (Å²) in [5.41, 5.74) is 1.15. The van der Waals surface area contributed by atoms with Gasteiger partial charge in [-0.3, -0.25) is 4.90 Å². The topological polar surface area (TPSA) is 41.9 Å². The molecule has 1 aromatic carbocycles. The van der Waals surface area contributed by atoms with Crippen molar-refractivity contribution in [1.29, 1.82) is 0 Å². The number of aromatic hydroxyl groups is 1. The largest absolute Gasteiger partial charge is 0.504 e. The summed E-state index contributed by atoms with van der Waals surface area (Å²) in [6.45, 7) is 9.32. The van der Waals surface area contributed by atoms with Gasteiger partial charge < -0.3 is 14.6 Å². The van der Waals surface area contributed by atoms with Crippen molar-refractivity contribution in [2.45, 2.75) is 39.5 Å². The quantitative estimate of drug-likeness (QED) is 0.907. The summed E-state index contributed by atoms with van der Waals surface area (Å²) in [5, 5.41) is 9.71. The van der Waals surface area contributed by atoms with Crippen LogP contribution in [0.1, 0.15) is 26.3 Å². The van der Waals surface area contributed by atoms with Crippen molar-refractivity contribution in [2.24, 2.45) is 0 Å². The van der Waals surface area contributed by atoms with E-state index in [1.807, 2.05) is 19.1 Å². The highest BCUT2D eigenvalue weighted by molar-refractivity contribution is 5.41. The van der Waals surface area contributed by atoms with Gasteiger partial charge in [0.15, 0.2) is 11.5 Å². The maximum atomic E-state index is 9.71. The first-order chi connectivity index (χ1) is 9.10. The Morgan fingerprint density at radius 2 is 2.21 bits per heavy atom. The van der Waals surface area contributed by atoms with Gasteiger partial charge in [-0.05, 0) is 38.5 Å². The van der Waals surface area contributed by atoms with E-state index < -0.39 is 0 Å². The monoisotopic (exact) mass is 265 g/mol. The molecule has 1 saturated heterocycles. The van der Waals surface area contributed by atoms with Crippen LogP contribution in [-0.2, 0) is 11.3 Å². The minimum Gasteiger partial charge on any atom is -0.504 e. The van der Waals surface area contributed by atoms with Crippen LogP contribution in [0.3, 0.4) is 0 Å². The van der Waals surface area contributed by atoms with E-state index in [4.69, 9.17) is 9.47 Å². The van der Waals surface area contributed by atoms with Crippen molar-refractivity contribution in [3.63, 3.8) is 0 Å². The van der Waals surface area contributed by atoms with Crippen molar-refractivity contribution >= 4 is 0 Å². The Hall–Kier alpha value is -1.26. The second-order valence-electron chi connectivity index (χ2n) is 5.16. The lowest BCUT2D eigenvalue weighted by molar-refractivity contribution is -0.0526. The highest BCUT2D eigenvalue weighted by atomic mass is 16.5. The molecule has 0 radical (unpaired) electrons. The zero-order valence-corrected chi connectivity index (χ0v) is 11.9. The maximum absolute atomic E-state index is 9.71. The predicted molar refractivity (Wildman–Crippen MR) is 74.6 cm³/mol. The van der Waals surface area contributed by atoms with Crippen LogP contribution >= 0.6 is 0 Å². The smallest absolute Gasteiger partial charge is 0.161 e. The first-order valence-electron chi connectivity index (χ1n) is 6.90. The Labute approximate surface area is 114 Å². The number of benzene rings is 1. The van der Waals surface area contributed by atoms with E-state index in [9.17, 15) is 5.11 Å². The Morgan fingerprint density at radius 1 is 1.42 bits per heavy atom. The summed E-state index contributed by atoms with van der Waals surface area (Å²) in [6.07, 6.45) is 0.277. The van der Waals surface area contributed by atoms with Crippen molar-refractivity contribution in [2.75, 3.05) is 19.8 Å². The van der Waals surface area contributed by atoms with Gasteiger partial charge in [-0.1, -0.05) is 6.07 Å². The summed E-state index contributed by atoms with van der Waals surface area (Å²) in [7, 11) is 0. The zero-order chi connectivity index (χ0) is 13.8. The molecule has 2 atom stereocenters. The molecule has 1 aliphatic rings. The van der Waals surface area contributed by atoms with Crippen LogP contribution in [0.25, 0.3) is 0 Å². The normalized spacial score (nSPS) is 24.4. The van der Waals surface area contributed by atoms with Gasteiger partial charge in [0.25, 0.3) is 0 Å². The van der Waals surface area contributed by atoms with Crippen molar-refractivity contribution in [3.05, 3.63) is 23.8 Å². The fourth-order valence-electron chi connectivity index (χ4n) is 2.35. The molecular formula is C15H23NO3. The first-order valence-corrected chi connectivity index (χ1v) is 6.90. The van der Waals surface area contributed by atoms with E-state index >= 15 is 0 Å². The average molecular weight is 265 g/mol. The summed E-state index contributed by atoms with van der Waals surface area (Å²) in [5.74, 6) is 0.767. The number of hydrogen-bond acceptors (Lipinski definition) is 4. The molecule has 1 aromatic rings. The van der Waals surface area contributed by atoms with Crippen LogP contribution in [0.2, 0.25) is 0 Å². The van der Waals surface area contributed by atoms with Gasteiger partial charge in [0.05, 0.1) is 19.3 Å². The maximum Gasteiger partial charge on any atom is 0.161 e. The molecule has 4 heteroatoms. The zero-order valence-electron chi connectivity index (χ0n) is 11.9. The molecule has 0 amide bonds. The Balaban J connectivity index is 2.07. The van der Waals surface area contributed by atoms with Crippen LogP contribution < -0.4 is 4.74 Å². The molecule has 0 aliphatic carbocycles. The highest BCUT2D eigenvalue weighted by Crippen LogP contribution is 2.28. The van der Waals surface area contributed by atoms with E-state index in [1.165, 1.54) is 0 Å². The molecular weight excluding hydrogens is 242 g/mol. The van der Waals surface area contributed by atoms with Crippen molar-refractivity contribution in [1.82, 2.24) is 4.90 Å². The second-order valence-corrected chi connectivity index (χ2v) is 5.16. The van der Waals surface area contributed by atoms with Crippen molar-refractivity contribution < 1.29 is 14.6 Å². The molecule has 0 bridgehead atoms. The van der Waals surface area contributed by atoms with Gasteiger partial charge in [0.1, 0.15) is 0 Å². The Morgan fingerprint density at radius 3 is 2.95 bits per heavy atom. The molecule has 1 fully saturated rings. The summed E-state index contributed by atoms with van der Waals surface area (Å²) >= 11 is 0. The minimum absolute atomic E-state index is 0.203. The molecule has 2 unspecified atom stereocenters. The minimum atomic E-state index is 0.203. The molecule has 0 spiro atoms. The molecule has 19 heavy (non-hydrogen) atoms. The molecule has 2 rings (SSSR count). The average Bonchev–Trinajstić information content (AvgIpc) is 2.38. The van der Waals surface area contributed by atoms with Crippen LogP contribution in [0.4, 0.5) is 0 Å². The van der Waals surface area contributed by atoms with E-state index in [2.05, 4.69) is 18.7 Å². The second kappa shape index (κ2) is 6.26. The van der Waals surface area contributed by atoms with Gasteiger partial charge in [-0.15, -0.1) is 0 Å². The van der Waals surface area contributed by atoms with Crippen LogP contribution in [-0.4, -0.2) is 41.9 Å². The number of phenols is 1. The molecule has 0 saturated carbocycles. The standard InChI is InChI=1S/C15H23NO3/c1-4-18-15-7-13(5-6-14(15)17)9-16-8-12(3)19-10-11(16)2/h5-7,11-12,17H,4,8-10H2,1-3H3. The third-order valence-electron chi connectivity index (χ3n) is 3.45. The first kappa shape index (κ1) is 14.2. The Bertz CT molecular complexity index is 422. The van der Waals surface area contributed by atoms with Gasteiger partial charge in [0, 0.05) is 19.1 Å². The van der Waals surface area contributed by atoms with Crippen LogP contribution in [0, 0.1) is 0 Å². The molecule has 1 N–H and O–H groups in total. The van der Waals surface area contributed by atoms with E-state index in [-0.39, 0.29) is 11.9 Å². The predicted octanol–water partition coefficient (Wildman–Crippen LogP) is 2.40. The van der Waals surface area contributed by atoms with Gasteiger partial charge in [0.2, 0.25) is 0 Å². The number of hydrogen-bond donors (Lipinski definition) is 1. The highest BCUT2D eigenvalue weighted by Gasteiger charge is 2.23. The third kappa shape index (κ3) is 3.61. The van der Waals surface area contributed by atoms with E-state index in [1.54, 1.807) is 6.07 Å². The molecule has 0 aromatic heterocycles. The molecule has 4 nitrogen and oxygen atoms in total. The lowest BCUT2D eigenvalue weighted by atomic mass is 10.1. The van der Waals surface area contributed by atoms with Gasteiger partial charge >= 0.3 is 0 Å². The number of rotatable bonds is 4. The summed E-state index contributed by atoms with van der Waals surface area (Å²) in [4.78, 5) is 2.40. The SMILES string of the molecule is CCOc1cc(CN2CC(C)OCC2C)ccc1O. The van der Waals surface area contributed by atoms with Gasteiger partial charge in [-0.25, -0.2) is 0 Å². The lowest BCUT2D eigenvalue weighted by Gasteiger charge is -2.36. The Kier molecular flexibility index (Phi) is 4.66. The third-order valence-corrected chi connectivity index (χ3v) is 3.45. The van der Waals surface area contributed by atoms with Crippen LogP contribution in [0.5, 0.6) is 11.5 Å². The fourth-order valence-corrected chi connectivity index (χ4v) is 2.35. The van der Waals surface area contributed by atoms with Crippen molar-refractivity contribution in [3.8, 4) is 11.5 Å². The number of ether oxygens (including phenoxy) is 2. The summed E-state index contributed by atoms with van der Waals surface area (Å²) in [6, 6.07) is 5.99. The molecule has 1 heterocycles. The molecule has 1 aliphatic heterocycles.